The maximum Gasteiger partial charge on any atom is 0.158 e. The molecule has 0 radical (unpaired) electrons. The first-order valence-electron chi connectivity index (χ1n) is 5.83. The minimum absolute atomic E-state index is 0.586. The van der Waals surface area contributed by atoms with E-state index in [0.29, 0.717) is 12.1 Å². The van der Waals surface area contributed by atoms with Crippen molar-refractivity contribution in [3.8, 4) is 0 Å². The number of anilines is 1. The number of hydrogen-bond donors (Lipinski definition) is 1. The summed E-state index contributed by atoms with van der Waals surface area (Å²) in [6.07, 6.45) is 0. The predicted molar refractivity (Wildman–Crippen MR) is 64.7 cm³/mol. The number of hydrogen-bond acceptors (Lipinski definition) is 1. The summed E-state index contributed by atoms with van der Waals surface area (Å²) in [5.74, 6) is 0. The first-order chi connectivity index (χ1) is 7.11. The van der Waals surface area contributed by atoms with Crippen molar-refractivity contribution in [3.63, 3.8) is 0 Å². The van der Waals surface area contributed by atoms with Crippen LogP contribution in [0.2, 0.25) is 0 Å². The van der Waals surface area contributed by atoms with Gasteiger partial charge in [-0.05, 0) is 33.8 Å². The van der Waals surface area contributed by atoms with Gasteiger partial charge in [-0.1, -0.05) is 12.1 Å². The molecular formula is C13H21N2+. The first kappa shape index (κ1) is 10.5. The van der Waals surface area contributed by atoms with Gasteiger partial charge in [0.25, 0.3) is 0 Å². The van der Waals surface area contributed by atoms with Crippen molar-refractivity contribution in [1.29, 1.82) is 0 Å². The molecule has 1 aromatic carbocycles. The zero-order valence-corrected chi connectivity index (χ0v) is 10.1. The molecular weight excluding hydrogens is 184 g/mol. The highest BCUT2D eigenvalue weighted by Crippen LogP contribution is 2.27. The minimum atomic E-state index is 0.586. The lowest BCUT2D eigenvalue weighted by Crippen LogP contribution is -3.10. The molecule has 1 aliphatic heterocycles. The monoisotopic (exact) mass is 205 g/mol. The lowest BCUT2D eigenvalue weighted by Gasteiger charge is -2.22. The van der Waals surface area contributed by atoms with E-state index in [2.05, 4.69) is 56.9 Å². The number of fused-ring (bicyclic) bond motifs is 1. The summed E-state index contributed by atoms with van der Waals surface area (Å²) in [5.41, 5.74) is 2.87. The van der Waals surface area contributed by atoms with Crippen LogP contribution >= 0.6 is 0 Å². The highest BCUT2D eigenvalue weighted by atomic mass is 15.4. The van der Waals surface area contributed by atoms with Crippen LogP contribution in [0, 0.1) is 0 Å². The maximum absolute atomic E-state index is 2.49. The Kier molecular flexibility index (Phi) is 2.70. The van der Waals surface area contributed by atoms with Gasteiger partial charge in [-0.3, -0.25) is 4.90 Å². The molecule has 0 amide bonds. The summed E-state index contributed by atoms with van der Waals surface area (Å²) in [4.78, 5) is 4.07. The summed E-state index contributed by atoms with van der Waals surface area (Å²) in [6, 6.07) is 10.0. The molecule has 0 aromatic heterocycles. The summed E-state index contributed by atoms with van der Waals surface area (Å²) >= 11 is 0. The van der Waals surface area contributed by atoms with E-state index in [1.807, 2.05) is 0 Å². The Morgan fingerprint density at radius 3 is 2.40 bits per heavy atom. The molecule has 0 saturated carbocycles. The van der Waals surface area contributed by atoms with Crippen molar-refractivity contribution in [2.45, 2.75) is 39.8 Å². The fraction of sp³-hybridized carbons (Fsp3) is 0.538. The number of quaternary nitrogens is 1. The molecule has 0 bridgehead atoms. The predicted octanol–water partition coefficient (Wildman–Crippen LogP) is 1.80. The van der Waals surface area contributed by atoms with E-state index in [1.54, 1.807) is 4.90 Å². The molecule has 1 N–H and O–H groups in total. The Hall–Kier alpha value is -1.02. The SMILES string of the molecule is CC(C)N1C[NH+](C(C)C)c2ccccc21. The smallest absolute Gasteiger partial charge is 0.158 e. The molecule has 0 saturated heterocycles. The highest BCUT2D eigenvalue weighted by molar-refractivity contribution is 5.65. The Bertz CT molecular complexity index is 311. The topological polar surface area (TPSA) is 7.68 Å². The lowest BCUT2D eigenvalue weighted by molar-refractivity contribution is -0.849. The van der Waals surface area contributed by atoms with E-state index in [9.17, 15) is 0 Å². The van der Waals surface area contributed by atoms with Crippen molar-refractivity contribution in [2.75, 3.05) is 11.6 Å². The fourth-order valence-corrected chi connectivity index (χ4v) is 2.30. The summed E-state index contributed by atoms with van der Waals surface area (Å²) < 4.78 is 0. The second-order valence-electron chi connectivity index (χ2n) is 4.92. The Morgan fingerprint density at radius 2 is 1.80 bits per heavy atom. The van der Waals surface area contributed by atoms with Gasteiger partial charge in [-0.25, -0.2) is 0 Å². The molecule has 0 fully saturated rings. The third-order valence-corrected chi connectivity index (χ3v) is 3.22. The molecule has 0 aliphatic carbocycles. The molecule has 82 valence electrons. The standard InChI is InChI=1S/C13H20N2/c1-10(2)14-9-15(11(3)4)13-8-6-5-7-12(13)14/h5-8,10-11H,9H2,1-4H3/p+1. The van der Waals surface area contributed by atoms with Gasteiger partial charge in [0, 0.05) is 12.1 Å². The lowest BCUT2D eigenvalue weighted by atomic mass is 10.2. The van der Waals surface area contributed by atoms with Crippen molar-refractivity contribution in [3.05, 3.63) is 24.3 Å². The molecule has 15 heavy (non-hydrogen) atoms. The average molecular weight is 205 g/mol. The summed E-state index contributed by atoms with van der Waals surface area (Å²) in [7, 11) is 0. The van der Waals surface area contributed by atoms with Crippen LogP contribution in [-0.4, -0.2) is 18.8 Å². The molecule has 2 nitrogen and oxygen atoms in total. The van der Waals surface area contributed by atoms with Crippen molar-refractivity contribution < 1.29 is 4.90 Å². The zero-order chi connectivity index (χ0) is 11.0. The summed E-state index contributed by atoms with van der Waals surface area (Å²) in [6.45, 7) is 10.2. The number of nitrogens with zero attached hydrogens (tertiary/aromatic N) is 1. The van der Waals surface area contributed by atoms with E-state index in [0.717, 1.165) is 6.67 Å². The summed E-state index contributed by atoms with van der Waals surface area (Å²) in [5, 5.41) is 0. The van der Waals surface area contributed by atoms with Crippen molar-refractivity contribution in [2.24, 2.45) is 0 Å². The third kappa shape index (κ3) is 1.74. The van der Waals surface area contributed by atoms with Crippen LogP contribution in [-0.2, 0) is 0 Å². The highest BCUT2D eigenvalue weighted by Gasteiger charge is 2.33. The van der Waals surface area contributed by atoms with Crippen LogP contribution in [0.15, 0.2) is 24.3 Å². The van der Waals surface area contributed by atoms with E-state index in [4.69, 9.17) is 0 Å². The van der Waals surface area contributed by atoms with E-state index < -0.39 is 0 Å². The number of rotatable bonds is 2. The molecule has 1 heterocycles. The van der Waals surface area contributed by atoms with Crippen LogP contribution in [0.25, 0.3) is 0 Å². The van der Waals surface area contributed by atoms with E-state index in [1.165, 1.54) is 11.4 Å². The largest absolute Gasteiger partial charge is 0.317 e. The van der Waals surface area contributed by atoms with Crippen LogP contribution in [0.4, 0.5) is 11.4 Å². The van der Waals surface area contributed by atoms with Crippen molar-refractivity contribution in [1.82, 2.24) is 0 Å². The zero-order valence-electron chi connectivity index (χ0n) is 10.1. The van der Waals surface area contributed by atoms with E-state index >= 15 is 0 Å². The first-order valence-corrected chi connectivity index (χ1v) is 5.83. The second kappa shape index (κ2) is 3.86. The van der Waals surface area contributed by atoms with Crippen molar-refractivity contribution >= 4 is 11.4 Å². The number of para-hydroxylation sites is 2. The minimum Gasteiger partial charge on any atom is -0.317 e. The molecule has 1 aliphatic rings. The van der Waals surface area contributed by atoms with Gasteiger partial charge in [0.15, 0.2) is 12.4 Å². The average Bonchev–Trinajstić information content (AvgIpc) is 2.56. The number of benzene rings is 1. The van der Waals surface area contributed by atoms with Gasteiger partial charge < -0.3 is 4.90 Å². The third-order valence-electron chi connectivity index (χ3n) is 3.22. The van der Waals surface area contributed by atoms with Gasteiger partial charge in [0.1, 0.15) is 5.69 Å². The van der Waals surface area contributed by atoms with E-state index in [-0.39, 0.29) is 0 Å². The van der Waals surface area contributed by atoms with Gasteiger partial charge in [0.2, 0.25) is 0 Å². The molecule has 2 heteroatoms. The Balaban J connectivity index is 2.39. The van der Waals surface area contributed by atoms with Crippen LogP contribution in [0.1, 0.15) is 27.7 Å². The van der Waals surface area contributed by atoms with Gasteiger partial charge in [-0.15, -0.1) is 0 Å². The number of nitrogens with one attached hydrogen (secondary N) is 1. The molecule has 1 atom stereocenters. The molecule has 2 rings (SSSR count). The van der Waals surface area contributed by atoms with Gasteiger partial charge in [0.05, 0.1) is 6.04 Å². The van der Waals surface area contributed by atoms with Gasteiger partial charge >= 0.3 is 0 Å². The van der Waals surface area contributed by atoms with Crippen LogP contribution in [0.3, 0.4) is 0 Å². The second-order valence-corrected chi connectivity index (χ2v) is 4.92. The maximum atomic E-state index is 2.49. The Labute approximate surface area is 92.5 Å². The molecule has 1 unspecified atom stereocenters. The Morgan fingerprint density at radius 1 is 1.13 bits per heavy atom. The van der Waals surface area contributed by atoms with Crippen LogP contribution in [0.5, 0.6) is 0 Å². The normalized spacial score (nSPS) is 20.1. The molecule has 1 aromatic rings. The quantitative estimate of drug-likeness (QED) is 0.773. The van der Waals surface area contributed by atoms with Gasteiger partial charge in [-0.2, -0.15) is 0 Å². The van der Waals surface area contributed by atoms with Crippen LogP contribution < -0.4 is 9.80 Å². The fourth-order valence-electron chi connectivity index (χ4n) is 2.30. The molecule has 0 spiro atoms.